The van der Waals surface area contributed by atoms with Crippen molar-refractivity contribution in [2.24, 2.45) is 5.73 Å². The van der Waals surface area contributed by atoms with Gasteiger partial charge < -0.3 is 16.4 Å². The zero-order valence-electron chi connectivity index (χ0n) is 12.3. The number of aromatic nitrogens is 1. The molecule has 1 aliphatic heterocycles. The van der Waals surface area contributed by atoms with E-state index in [1.54, 1.807) is 11.3 Å². The Hall–Kier alpha value is -1.76. The molecule has 2 aromatic rings. The molecule has 1 unspecified atom stereocenters. The molecule has 2 heterocycles. The monoisotopic (exact) mass is 316 g/mol. The molecule has 1 atom stereocenters. The van der Waals surface area contributed by atoms with Gasteiger partial charge in [0, 0.05) is 11.1 Å². The molecule has 1 aromatic heterocycles. The van der Waals surface area contributed by atoms with Crippen molar-refractivity contribution >= 4 is 22.4 Å². The number of thiazole rings is 1. The molecular weight excluding hydrogens is 296 g/mol. The minimum absolute atomic E-state index is 0.225. The number of piperidine rings is 1. The summed E-state index contributed by atoms with van der Waals surface area (Å²) in [4.78, 5) is 17.8. The summed E-state index contributed by atoms with van der Waals surface area (Å²) < 4.78 is 0. The van der Waals surface area contributed by atoms with Crippen LogP contribution in [0.2, 0.25) is 0 Å². The highest BCUT2D eigenvalue weighted by Gasteiger charge is 2.20. The van der Waals surface area contributed by atoms with Crippen LogP contribution in [0.3, 0.4) is 0 Å². The average molecular weight is 316 g/mol. The molecule has 0 saturated carbocycles. The van der Waals surface area contributed by atoms with Gasteiger partial charge in [-0.05, 0) is 37.4 Å². The first-order valence-corrected chi connectivity index (χ1v) is 8.33. The minimum Gasteiger partial charge on any atom is -0.317 e. The van der Waals surface area contributed by atoms with Gasteiger partial charge >= 0.3 is 0 Å². The molecule has 1 saturated heterocycles. The van der Waals surface area contributed by atoms with Gasteiger partial charge in [0.2, 0.25) is 5.91 Å². The maximum atomic E-state index is 12.2. The molecule has 4 N–H and O–H groups in total. The van der Waals surface area contributed by atoms with Crippen LogP contribution in [0.25, 0.3) is 0 Å². The maximum absolute atomic E-state index is 12.2. The number of carbonyl (C=O) groups excluding carboxylic acids is 1. The number of hydrogen-bond donors (Lipinski definition) is 3. The lowest BCUT2D eigenvalue weighted by atomic mass is 9.97. The standard InChI is InChI=1S/C16H20N4OS/c17-14(12-4-2-1-3-5-12)15(21)20-16-19-10-13(22-16)11-6-8-18-9-7-11/h1-5,10-11,14,18H,6-9,17H2,(H,19,20,21). The first kappa shape index (κ1) is 15.1. The third-order valence-electron chi connectivity index (χ3n) is 3.94. The molecule has 0 bridgehead atoms. The summed E-state index contributed by atoms with van der Waals surface area (Å²) in [6, 6.07) is 8.69. The summed E-state index contributed by atoms with van der Waals surface area (Å²) in [5, 5.41) is 6.81. The Labute approximate surface area is 133 Å². The largest absolute Gasteiger partial charge is 0.317 e. The summed E-state index contributed by atoms with van der Waals surface area (Å²) >= 11 is 1.55. The Balaban J connectivity index is 1.63. The van der Waals surface area contributed by atoms with Crippen molar-refractivity contribution in [2.75, 3.05) is 18.4 Å². The number of anilines is 1. The quantitative estimate of drug-likeness (QED) is 0.808. The van der Waals surface area contributed by atoms with E-state index in [-0.39, 0.29) is 5.91 Å². The number of rotatable bonds is 4. The molecule has 1 aliphatic rings. The van der Waals surface area contributed by atoms with Crippen LogP contribution in [0.5, 0.6) is 0 Å². The zero-order chi connectivity index (χ0) is 15.4. The Kier molecular flexibility index (Phi) is 4.82. The number of nitrogens with one attached hydrogen (secondary N) is 2. The van der Waals surface area contributed by atoms with Crippen LogP contribution in [-0.4, -0.2) is 24.0 Å². The van der Waals surface area contributed by atoms with Crippen molar-refractivity contribution in [3.63, 3.8) is 0 Å². The second-order valence-corrected chi connectivity index (χ2v) is 6.53. The van der Waals surface area contributed by atoms with E-state index < -0.39 is 6.04 Å². The number of benzene rings is 1. The van der Waals surface area contributed by atoms with Crippen molar-refractivity contribution in [3.8, 4) is 0 Å². The Morgan fingerprint density at radius 1 is 1.32 bits per heavy atom. The van der Waals surface area contributed by atoms with Gasteiger partial charge in [-0.15, -0.1) is 11.3 Å². The number of amides is 1. The van der Waals surface area contributed by atoms with Gasteiger partial charge in [0.05, 0.1) is 0 Å². The van der Waals surface area contributed by atoms with Gasteiger partial charge in [-0.3, -0.25) is 4.79 Å². The fourth-order valence-electron chi connectivity index (χ4n) is 2.63. The summed E-state index contributed by atoms with van der Waals surface area (Å²) in [5.74, 6) is 0.324. The fourth-order valence-corrected chi connectivity index (χ4v) is 3.62. The predicted octanol–water partition coefficient (Wildman–Crippen LogP) is 2.25. The average Bonchev–Trinajstić information content (AvgIpc) is 3.04. The normalized spacial score (nSPS) is 17.1. The highest BCUT2D eigenvalue weighted by atomic mass is 32.1. The van der Waals surface area contributed by atoms with Crippen LogP contribution in [0.15, 0.2) is 36.5 Å². The third kappa shape index (κ3) is 3.52. The molecule has 1 aromatic carbocycles. The van der Waals surface area contributed by atoms with E-state index in [1.165, 1.54) is 4.88 Å². The summed E-state index contributed by atoms with van der Waals surface area (Å²) in [7, 11) is 0. The molecular formula is C16H20N4OS. The molecule has 3 rings (SSSR count). The maximum Gasteiger partial charge on any atom is 0.247 e. The second kappa shape index (κ2) is 7.00. The van der Waals surface area contributed by atoms with Crippen molar-refractivity contribution in [2.45, 2.75) is 24.8 Å². The smallest absolute Gasteiger partial charge is 0.247 e. The number of hydrogen-bond acceptors (Lipinski definition) is 5. The molecule has 0 aliphatic carbocycles. The van der Waals surface area contributed by atoms with E-state index in [0.717, 1.165) is 31.5 Å². The second-order valence-electron chi connectivity index (χ2n) is 5.47. The highest BCUT2D eigenvalue weighted by Crippen LogP contribution is 2.31. The number of nitrogens with zero attached hydrogens (tertiary/aromatic N) is 1. The first-order valence-electron chi connectivity index (χ1n) is 7.52. The lowest BCUT2D eigenvalue weighted by Gasteiger charge is -2.20. The van der Waals surface area contributed by atoms with E-state index >= 15 is 0 Å². The SMILES string of the molecule is NC(C(=O)Nc1ncc(C2CCNCC2)s1)c1ccccc1. The van der Waals surface area contributed by atoms with Crippen LogP contribution < -0.4 is 16.4 Å². The van der Waals surface area contributed by atoms with Crippen LogP contribution in [0.4, 0.5) is 5.13 Å². The molecule has 22 heavy (non-hydrogen) atoms. The topological polar surface area (TPSA) is 80.0 Å². The minimum atomic E-state index is -0.674. The van der Waals surface area contributed by atoms with E-state index in [4.69, 9.17) is 5.73 Å². The summed E-state index contributed by atoms with van der Waals surface area (Å²) in [6.45, 7) is 2.09. The molecule has 0 spiro atoms. The van der Waals surface area contributed by atoms with Crippen LogP contribution in [-0.2, 0) is 4.79 Å². The predicted molar refractivity (Wildman–Crippen MR) is 89.0 cm³/mol. The van der Waals surface area contributed by atoms with E-state index in [2.05, 4.69) is 15.6 Å². The van der Waals surface area contributed by atoms with Gasteiger partial charge in [0.1, 0.15) is 6.04 Å². The lowest BCUT2D eigenvalue weighted by molar-refractivity contribution is -0.117. The Morgan fingerprint density at radius 2 is 2.05 bits per heavy atom. The Morgan fingerprint density at radius 3 is 2.77 bits per heavy atom. The molecule has 1 amide bonds. The van der Waals surface area contributed by atoms with Gasteiger partial charge in [-0.1, -0.05) is 30.3 Å². The summed E-state index contributed by atoms with van der Waals surface area (Å²) in [5.41, 5.74) is 6.79. The van der Waals surface area contributed by atoms with Crippen molar-refractivity contribution < 1.29 is 4.79 Å². The van der Waals surface area contributed by atoms with Crippen molar-refractivity contribution in [1.82, 2.24) is 10.3 Å². The lowest BCUT2D eigenvalue weighted by Crippen LogP contribution is -2.27. The van der Waals surface area contributed by atoms with E-state index in [0.29, 0.717) is 11.0 Å². The van der Waals surface area contributed by atoms with Crippen LogP contribution in [0, 0.1) is 0 Å². The molecule has 5 nitrogen and oxygen atoms in total. The van der Waals surface area contributed by atoms with E-state index in [9.17, 15) is 4.79 Å². The molecule has 1 fully saturated rings. The number of nitrogens with two attached hydrogens (primary N) is 1. The molecule has 116 valence electrons. The van der Waals surface area contributed by atoms with Crippen LogP contribution >= 0.6 is 11.3 Å². The van der Waals surface area contributed by atoms with Crippen molar-refractivity contribution in [3.05, 3.63) is 47.0 Å². The van der Waals surface area contributed by atoms with Crippen molar-refractivity contribution in [1.29, 1.82) is 0 Å². The number of carbonyl (C=O) groups is 1. The van der Waals surface area contributed by atoms with Gasteiger partial charge in [0.15, 0.2) is 5.13 Å². The highest BCUT2D eigenvalue weighted by molar-refractivity contribution is 7.15. The third-order valence-corrected chi connectivity index (χ3v) is 5.01. The van der Waals surface area contributed by atoms with E-state index in [1.807, 2.05) is 36.5 Å². The van der Waals surface area contributed by atoms with Gasteiger partial charge in [-0.2, -0.15) is 0 Å². The van der Waals surface area contributed by atoms with Gasteiger partial charge in [0.25, 0.3) is 0 Å². The first-order chi connectivity index (χ1) is 10.7. The molecule has 0 radical (unpaired) electrons. The van der Waals surface area contributed by atoms with Gasteiger partial charge in [-0.25, -0.2) is 4.98 Å². The Bertz CT molecular complexity index is 622. The molecule has 6 heteroatoms. The fraction of sp³-hybridized carbons (Fsp3) is 0.375. The summed E-state index contributed by atoms with van der Waals surface area (Å²) in [6.07, 6.45) is 4.13. The zero-order valence-corrected chi connectivity index (χ0v) is 13.1. The van der Waals surface area contributed by atoms with Crippen LogP contribution in [0.1, 0.15) is 35.2 Å².